The molecule has 2 atom stereocenters. The van der Waals surface area contributed by atoms with Gasteiger partial charge in [-0.2, -0.15) is 0 Å². The van der Waals surface area contributed by atoms with Crippen LogP contribution in [0, 0.1) is 5.41 Å². The molecule has 2 aliphatic heterocycles. The van der Waals surface area contributed by atoms with Crippen molar-refractivity contribution >= 4 is 17.7 Å². The number of rotatable bonds is 1. The summed E-state index contributed by atoms with van der Waals surface area (Å²) in [7, 11) is 1.14. The average Bonchev–Trinajstić information content (AvgIpc) is 2.85. The quantitative estimate of drug-likeness (QED) is 0.250. The number of fused-ring (bicyclic) bond motifs is 1. The van der Waals surface area contributed by atoms with Crippen molar-refractivity contribution in [2.24, 2.45) is 5.41 Å². The molecule has 7 heteroatoms. The minimum Gasteiger partial charge on any atom is -0.512 e. The topological polar surface area (TPSA) is 93.1 Å². The van der Waals surface area contributed by atoms with Crippen LogP contribution in [0.5, 0.6) is 0 Å². The highest BCUT2D eigenvalue weighted by Gasteiger charge is 2.69. The summed E-state index contributed by atoms with van der Waals surface area (Å²) in [4.78, 5) is 38.4. The van der Waals surface area contributed by atoms with Crippen LogP contribution < -0.4 is 0 Å². The summed E-state index contributed by atoms with van der Waals surface area (Å²) >= 11 is 0. The first-order valence-corrected chi connectivity index (χ1v) is 6.57. The maximum Gasteiger partial charge on any atom is 0.342 e. The minimum atomic E-state index is -1.83. The second-order valence-electron chi connectivity index (χ2n) is 6.35. The molecule has 2 fully saturated rings. The highest BCUT2D eigenvalue weighted by atomic mass is 16.6. The number of aliphatic hydroxyl groups excluding tert-OH is 1. The number of allylic oxidation sites excluding steroid dienone is 1. The van der Waals surface area contributed by atoms with E-state index in [4.69, 9.17) is 9.47 Å². The lowest BCUT2D eigenvalue weighted by molar-refractivity contribution is -0.160. The van der Waals surface area contributed by atoms with Gasteiger partial charge >= 0.3 is 5.97 Å². The van der Waals surface area contributed by atoms with Crippen LogP contribution in [-0.4, -0.2) is 53.1 Å². The molecule has 21 heavy (non-hydrogen) atoms. The standard InChI is InChI=1S/C14H19NO6/c1-7(16)8-9(17)14(12(19)20-5)6-21-11(13(2,3)4)15(14)10(8)18/h11,16H,6H2,1-5H3/b8-7-/t11-,14-/m1/s1. The lowest BCUT2D eigenvalue weighted by Gasteiger charge is -2.35. The molecular formula is C14H19NO6. The van der Waals surface area contributed by atoms with E-state index in [1.54, 1.807) is 0 Å². The van der Waals surface area contributed by atoms with Crippen LogP contribution in [0.1, 0.15) is 27.7 Å². The molecular weight excluding hydrogens is 278 g/mol. The summed E-state index contributed by atoms with van der Waals surface area (Å²) in [6, 6.07) is 0. The molecule has 0 aromatic heterocycles. The Labute approximate surface area is 122 Å². The van der Waals surface area contributed by atoms with Crippen LogP contribution in [0.15, 0.2) is 11.3 Å². The van der Waals surface area contributed by atoms with Crippen LogP contribution in [-0.2, 0) is 23.9 Å². The first-order chi connectivity index (χ1) is 9.59. The molecule has 0 saturated carbocycles. The molecule has 2 heterocycles. The minimum absolute atomic E-state index is 0.275. The summed E-state index contributed by atoms with van der Waals surface area (Å²) in [6.45, 7) is 6.46. The Morgan fingerprint density at radius 1 is 1.43 bits per heavy atom. The smallest absolute Gasteiger partial charge is 0.342 e. The Kier molecular flexibility index (Phi) is 3.36. The third kappa shape index (κ3) is 1.87. The zero-order chi connectivity index (χ0) is 16.2. The van der Waals surface area contributed by atoms with E-state index < -0.39 is 40.6 Å². The second-order valence-corrected chi connectivity index (χ2v) is 6.35. The van der Waals surface area contributed by atoms with Crippen molar-refractivity contribution in [2.75, 3.05) is 13.7 Å². The van der Waals surface area contributed by atoms with Crippen molar-refractivity contribution in [2.45, 2.75) is 39.5 Å². The van der Waals surface area contributed by atoms with E-state index in [-0.39, 0.29) is 12.2 Å². The fraction of sp³-hybridized carbons (Fsp3) is 0.643. The predicted molar refractivity (Wildman–Crippen MR) is 71.1 cm³/mol. The molecule has 2 rings (SSSR count). The van der Waals surface area contributed by atoms with Gasteiger partial charge in [0.25, 0.3) is 5.91 Å². The van der Waals surface area contributed by atoms with Gasteiger partial charge in [0.15, 0.2) is 0 Å². The lowest BCUT2D eigenvalue weighted by Crippen LogP contribution is -2.57. The average molecular weight is 297 g/mol. The van der Waals surface area contributed by atoms with E-state index in [1.807, 2.05) is 20.8 Å². The number of Topliss-reactive ketones (excluding diaryl/α,β-unsaturated/α-hetero) is 1. The van der Waals surface area contributed by atoms with E-state index in [2.05, 4.69) is 0 Å². The molecule has 116 valence electrons. The lowest BCUT2D eigenvalue weighted by atomic mass is 9.91. The van der Waals surface area contributed by atoms with Gasteiger partial charge in [0.1, 0.15) is 17.6 Å². The van der Waals surface area contributed by atoms with Gasteiger partial charge in [-0.3, -0.25) is 14.5 Å². The van der Waals surface area contributed by atoms with E-state index in [0.717, 1.165) is 12.0 Å². The number of carbonyl (C=O) groups excluding carboxylic acids is 3. The predicted octanol–water partition coefficient (Wildman–Crippen LogP) is 0.544. The Morgan fingerprint density at radius 2 is 2.00 bits per heavy atom. The number of methoxy groups -OCH3 is 1. The molecule has 0 radical (unpaired) electrons. The number of esters is 1. The van der Waals surface area contributed by atoms with Crippen molar-refractivity contribution in [1.29, 1.82) is 0 Å². The molecule has 0 aromatic rings. The van der Waals surface area contributed by atoms with E-state index in [1.165, 1.54) is 6.92 Å². The van der Waals surface area contributed by atoms with E-state index >= 15 is 0 Å². The van der Waals surface area contributed by atoms with Crippen LogP contribution >= 0.6 is 0 Å². The highest BCUT2D eigenvalue weighted by molar-refractivity contribution is 6.35. The maximum absolute atomic E-state index is 12.6. The van der Waals surface area contributed by atoms with Crippen molar-refractivity contribution in [3.05, 3.63) is 11.3 Å². The Bertz CT molecular complexity index is 554. The van der Waals surface area contributed by atoms with Gasteiger partial charge in [-0.1, -0.05) is 20.8 Å². The summed E-state index contributed by atoms with van der Waals surface area (Å²) in [5.41, 5.74) is -2.72. The SMILES string of the molecule is COC(=O)[C@]12CO[C@H](C(C)(C)C)N1C(=O)/C(=C(/C)O)C2=O. The largest absolute Gasteiger partial charge is 0.512 e. The molecule has 0 aliphatic carbocycles. The van der Waals surface area contributed by atoms with Crippen LogP contribution in [0.4, 0.5) is 0 Å². The number of ketones is 1. The normalized spacial score (nSPS) is 31.5. The summed E-state index contributed by atoms with van der Waals surface area (Å²) < 4.78 is 10.3. The second kappa shape index (κ2) is 4.56. The monoisotopic (exact) mass is 297 g/mol. The zero-order valence-corrected chi connectivity index (χ0v) is 12.7. The highest BCUT2D eigenvalue weighted by Crippen LogP contribution is 2.44. The van der Waals surface area contributed by atoms with E-state index in [0.29, 0.717) is 0 Å². The van der Waals surface area contributed by atoms with Gasteiger partial charge < -0.3 is 14.6 Å². The number of hydrogen-bond donors (Lipinski definition) is 1. The van der Waals surface area contributed by atoms with Gasteiger partial charge in [0.2, 0.25) is 11.3 Å². The van der Waals surface area contributed by atoms with Gasteiger partial charge in [-0.25, -0.2) is 4.79 Å². The molecule has 0 aromatic carbocycles. The molecule has 1 amide bonds. The molecule has 2 saturated heterocycles. The Balaban J connectivity index is 2.66. The molecule has 0 spiro atoms. The molecule has 7 nitrogen and oxygen atoms in total. The van der Waals surface area contributed by atoms with Crippen LogP contribution in [0.2, 0.25) is 0 Å². The van der Waals surface area contributed by atoms with Gasteiger partial charge in [0.05, 0.1) is 13.7 Å². The molecule has 0 bridgehead atoms. The summed E-state index contributed by atoms with van der Waals surface area (Å²) in [5.74, 6) is -2.74. The fourth-order valence-electron chi connectivity index (χ4n) is 2.80. The Morgan fingerprint density at radius 3 is 2.43 bits per heavy atom. The Hall–Kier alpha value is -1.89. The van der Waals surface area contributed by atoms with Crippen molar-refractivity contribution in [1.82, 2.24) is 4.90 Å². The molecule has 1 N–H and O–H groups in total. The van der Waals surface area contributed by atoms with Gasteiger partial charge in [-0.15, -0.1) is 0 Å². The van der Waals surface area contributed by atoms with Crippen molar-refractivity contribution in [3.8, 4) is 0 Å². The van der Waals surface area contributed by atoms with Gasteiger partial charge in [-0.05, 0) is 6.92 Å². The van der Waals surface area contributed by atoms with Crippen LogP contribution in [0.3, 0.4) is 0 Å². The summed E-state index contributed by atoms with van der Waals surface area (Å²) in [5, 5.41) is 9.62. The third-order valence-electron chi connectivity index (χ3n) is 3.76. The first kappa shape index (κ1) is 15.5. The molecule has 0 unspecified atom stereocenters. The third-order valence-corrected chi connectivity index (χ3v) is 3.76. The van der Waals surface area contributed by atoms with Crippen LogP contribution in [0.25, 0.3) is 0 Å². The maximum atomic E-state index is 12.6. The zero-order valence-electron chi connectivity index (χ0n) is 12.7. The van der Waals surface area contributed by atoms with Crippen molar-refractivity contribution in [3.63, 3.8) is 0 Å². The number of aliphatic hydroxyl groups is 1. The molecule has 2 aliphatic rings. The van der Waals surface area contributed by atoms with Gasteiger partial charge in [0, 0.05) is 5.41 Å². The first-order valence-electron chi connectivity index (χ1n) is 6.57. The number of carbonyl (C=O) groups is 3. The number of hydrogen-bond acceptors (Lipinski definition) is 6. The number of ether oxygens (including phenoxy) is 2. The van der Waals surface area contributed by atoms with Crippen molar-refractivity contribution < 1.29 is 29.0 Å². The number of nitrogens with zero attached hydrogens (tertiary/aromatic N) is 1. The van der Waals surface area contributed by atoms with E-state index in [9.17, 15) is 19.5 Å². The number of amides is 1. The fourth-order valence-corrected chi connectivity index (χ4v) is 2.80. The summed E-state index contributed by atoms with van der Waals surface area (Å²) in [6.07, 6.45) is -0.759.